The first kappa shape index (κ1) is 8.48. The molecule has 0 bridgehead atoms. The summed E-state index contributed by atoms with van der Waals surface area (Å²) in [6.45, 7) is 0. The van der Waals surface area contributed by atoms with E-state index in [0.29, 0.717) is 5.46 Å². The van der Waals surface area contributed by atoms with Crippen molar-refractivity contribution in [2.24, 2.45) is 5.92 Å². The largest absolute Gasteiger partial charge is 0.294 e. The van der Waals surface area contributed by atoms with Crippen LogP contribution >= 0.6 is 0 Å². The topological polar surface area (TPSA) is 17.1 Å². The van der Waals surface area contributed by atoms with Gasteiger partial charge in [0.25, 0.3) is 0 Å². The Hall–Kier alpha value is -1.12. The Labute approximate surface area is 77.4 Å². The highest BCUT2D eigenvalue weighted by Gasteiger charge is 2.31. The number of hydrogen-bond acceptors (Lipinski definition) is 1. The predicted molar refractivity (Wildman–Crippen MR) is 48.8 cm³/mol. The number of carbonyl (C=O) groups excluding carboxylic acids is 1. The molecule has 2 rings (SSSR count). The van der Waals surface area contributed by atoms with Crippen molar-refractivity contribution in [3.63, 3.8) is 0 Å². The maximum atomic E-state index is 13.1. The van der Waals surface area contributed by atoms with E-state index in [9.17, 15) is 9.18 Å². The summed E-state index contributed by atoms with van der Waals surface area (Å²) in [6.07, 6.45) is 1.76. The molecule has 1 saturated carbocycles. The lowest BCUT2D eigenvalue weighted by molar-refractivity contribution is 0.0964. The van der Waals surface area contributed by atoms with E-state index in [1.807, 2.05) is 0 Å². The van der Waals surface area contributed by atoms with Gasteiger partial charge in [0.1, 0.15) is 13.7 Å². The van der Waals surface area contributed by atoms with Crippen LogP contribution in [0.3, 0.4) is 0 Å². The van der Waals surface area contributed by atoms with E-state index in [2.05, 4.69) is 0 Å². The van der Waals surface area contributed by atoms with Crippen LogP contribution in [0.15, 0.2) is 18.2 Å². The lowest BCUT2D eigenvalue weighted by Gasteiger charge is -2.01. The van der Waals surface area contributed by atoms with E-state index in [0.717, 1.165) is 12.8 Å². The summed E-state index contributed by atoms with van der Waals surface area (Å²) in [5.41, 5.74) is 0.577. The number of rotatable bonds is 2. The summed E-state index contributed by atoms with van der Waals surface area (Å²) in [5, 5.41) is 0. The van der Waals surface area contributed by atoms with Crippen LogP contribution in [0.2, 0.25) is 0 Å². The van der Waals surface area contributed by atoms with Gasteiger partial charge in [0.15, 0.2) is 5.78 Å². The van der Waals surface area contributed by atoms with Crippen molar-refractivity contribution in [3.8, 4) is 0 Å². The van der Waals surface area contributed by atoms with Crippen LogP contribution in [0, 0.1) is 11.7 Å². The third-order valence-electron chi connectivity index (χ3n) is 2.20. The summed E-state index contributed by atoms with van der Waals surface area (Å²) in [7, 11) is 5.47. The van der Waals surface area contributed by atoms with E-state index < -0.39 is 5.82 Å². The van der Waals surface area contributed by atoms with Gasteiger partial charge in [0, 0.05) is 5.92 Å². The third-order valence-corrected chi connectivity index (χ3v) is 2.20. The number of benzene rings is 1. The van der Waals surface area contributed by atoms with Crippen molar-refractivity contribution in [2.75, 3.05) is 0 Å². The SMILES string of the molecule is [B]c1ccc(F)c(C(=O)C2CC2)c1. The Kier molecular flexibility index (Phi) is 1.95. The molecule has 0 aliphatic heterocycles. The minimum atomic E-state index is -0.467. The molecule has 1 aromatic carbocycles. The fourth-order valence-corrected chi connectivity index (χ4v) is 1.30. The average Bonchev–Trinajstić information content (AvgIpc) is 2.91. The van der Waals surface area contributed by atoms with E-state index >= 15 is 0 Å². The van der Waals surface area contributed by atoms with E-state index in [1.165, 1.54) is 18.2 Å². The van der Waals surface area contributed by atoms with Gasteiger partial charge in [-0.05, 0) is 18.9 Å². The predicted octanol–water partition coefficient (Wildman–Crippen LogP) is 1.21. The molecule has 1 aliphatic carbocycles. The molecular formula is C10H8BFO. The van der Waals surface area contributed by atoms with Gasteiger partial charge in [0.05, 0.1) is 5.56 Å². The molecule has 13 heavy (non-hydrogen) atoms. The Morgan fingerprint density at radius 2 is 2.15 bits per heavy atom. The maximum absolute atomic E-state index is 13.1. The molecule has 0 N–H and O–H groups in total. The summed E-state index contributed by atoms with van der Waals surface area (Å²) in [5.74, 6) is -0.535. The molecule has 0 saturated heterocycles. The van der Waals surface area contributed by atoms with Crippen LogP contribution in [0.1, 0.15) is 23.2 Å². The molecule has 64 valence electrons. The van der Waals surface area contributed by atoms with Crippen LogP contribution in [0.25, 0.3) is 0 Å². The van der Waals surface area contributed by atoms with Crippen LogP contribution in [0.5, 0.6) is 0 Å². The Bertz CT molecular complexity index is 358. The third kappa shape index (κ3) is 1.64. The molecule has 2 radical (unpaired) electrons. The maximum Gasteiger partial charge on any atom is 0.168 e. The summed E-state index contributed by atoms with van der Waals surface area (Å²) in [4.78, 5) is 11.5. The quantitative estimate of drug-likeness (QED) is 0.486. The van der Waals surface area contributed by atoms with Gasteiger partial charge < -0.3 is 0 Å². The molecular weight excluding hydrogens is 166 g/mol. The highest BCUT2D eigenvalue weighted by molar-refractivity contribution is 6.32. The molecule has 0 atom stereocenters. The lowest BCUT2D eigenvalue weighted by atomic mass is 9.92. The highest BCUT2D eigenvalue weighted by Crippen LogP contribution is 2.32. The fourth-order valence-electron chi connectivity index (χ4n) is 1.30. The zero-order valence-electron chi connectivity index (χ0n) is 7.09. The van der Waals surface area contributed by atoms with Crippen LogP contribution in [-0.4, -0.2) is 13.6 Å². The molecule has 1 aliphatic rings. The zero-order valence-corrected chi connectivity index (χ0v) is 7.09. The minimum absolute atomic E-state index is 0.0382. The van der Waals surface area contributed by atoms with Crippen molar-refractivity contribution in [1.82, 2.24) is 0 Å². The van der Waals surface area contributed by atoms with Crippen molar-refractivity contribution in [3.05, 3.63) is 29.6 Å². The van der Waals surface area contributed by atoms with Gasteiger partial charge in [-0.2, -0.15) is 0 Å². The monoisotopic (exact) mass is 174 g/mol. The smallest absolute Gasteiger partial charge is 0.168 e. The Morgan fingerprint density at radius 3 is 2.77 bits per heavy atom. The van der Waals surface area contributed by atoms with Gasteiger partial charge in [0.2, 0.25) is 0 Å². The van der Waals surface area contributed by atoms with Gasteiger partial charge in [-0.25, -0.2) is 4.39 Å². The van der Waals surface area contributed by atoms with Gasteiger partial charge in [-0.3, -0.25) is 4.79 Å². The minimum Gasteiger partial charge on any atom is -0.294 e. The first-order valence-electron chi connectivity index (χ1n) is 4.27. The molecule has 1 nitrogen and oxygen atoms in total. The van der Waals surface area contributed by atoms with Crippen LogP contribution in [-0.2, 0) is 0 Å². The van der Waals surface area contributed by atoms with Crippen molar-refractivity contribution in [1.29, 1.82) is 0 Å². The number of halogens is 1. The Morgan fingerprint density at radius 1 is 1.46 bits per heavy atom. The second-order valence-electron chi connectivity index (χ2n) is 3.38. The van der Waals surface area contributed by atoms with Crippen LogP contribution < -0.4 is 5.46 Å². The molecule has 3 heteroatoms. The second kappa shape index (κ2) is 2.98. The van der Waals surface area contributed by atoms with Gasteiger partial charge in [-0.1, -0.05) is 17.6 Å². The van der Waals surface area contributed by atoms with E-state index in [4.69, 9.17) is 7.85 Å². The first-order valence-corrected chi connectivity index (χ1v) is 4.27. The second-order valence-corrected chi connectivity index (χ2v) is 3.38. The van der Waals surface area contributed by atoms with E-state index in [1.54, 1.807) is 0 Å². The first-order chi connectivity index (χ1) is 6.18. The van der Waals surface area contributed by atoms with Crippen LogP contribution in [0.4, 0.5) is 4.39 Å². The molecule has 0 amide bonds. The number of carbonyl (C=O) groups is 1. The Balaban J connectivity index is 2.37. The van der Waals surface area contributed by atoms with Gasteiger partial charge in [-0.15, -0.1) is 0 Å². The molecule has 0 aromatic heterocycles. The number of Topliss-reactive ketones (excluding diaryl/α,β-unsaturated/α-hetero) is 1. The standard InChI is InChI=1S/C10H8BFO/c11-7-3-4-9(12)8(5-7)10(13)6-1-2-6/h3-6H,1-2H2. The highest BCUT2D eigenvalue weighted by atomic mass is 19.1. The fraction of sp³-hybridized carbons (Fsp3) is 0.300. The van der Waals surface area contributed by atoms with Crippen molar-refractivity contribution >= 4 is 19.1 Å². The van der Waals surface area contributed by atoms with Crippen molar-refractivity contribution < 1.29 is 9.18 Å². The normalized spacial score (nSPS) is 15.8. The molecule has 0 heterocycles. The van der Waals surface area contributed by atoms with E-state index in [-0.39, 0.29) is 17.3 Å². The molecule has 1 fully saturated rings. The average molecular weight is 174 g/mol. The van der Waals surface area contributed by atoms with Gasteiger partial charge >= 0.3 is 0 Å². The number of ketones is 1. The molecule has 0 spiro atoms. The molecule has 0 unspecified atom stereocenters. The molecule has 1 aromatic rings. The number of hydrogen-bond donors (Lipinski definition) is 0. The summed E-state index contributed by atoms with van der Waals surface area (Å²) >= 11 is 0. The zero-order chi connectivity index (χ0) is 9.42. The lowest BCUT2D eigenvalue weighted by Crippen LogP contribution is -2.11. The summed E-state index contributed by atoms with van der Waals surface area (Å²) in [6, 6.07) is 4.11. The van der Waals surface area contributed by atoms with Crippen molar-refractivity contribution in [2.45, 2.75) is 12.8 Å². The summed E-state index contributed by atoms with van der Waals surface area (Å²) < 4.78 is 13.1.